The molecule has 0 aromatic carbocycles. The first-order chi connectivity index (χ1) is 6.56. The minimum Gasteiger partial charge on any atom is -0.481 e. The summed E-state index contributed by atoms with van der Waals surface area (Å²) in [4.78, 5) is 34.0. The molecule has 0 aliphatic carbocycles. The molecule has 1 rings (SSSR count). The highest BCUT2D eigenvalue weighted by molar-refractivity contribution is 6.35. The zero-order valence-corrected chi connectivity index (χ0v) is 7.82. The molecule has 6 heteroatoms. The van der Waals surface area contributed by atoms with E-state index in [4.69, 9.17) is 5.11 Å². The average molecular weight is 200 g/mol. The first kappa shape index (κ1) is 10.5. The van der Waals surface area contributed by atoms with Crippen LogP contribution in [0.25, 0.3) is 0 Å². The van der Waals surface area contributed by atoms with Gasteiger partial charge in [0, 0.05) is 20.1 Å². The standard InChI is InChI=1S/C8H12N2O4/c1-9-6(11)7(12)10-3-2-5(4-10)8(13)14/h5H,2-4H2,1H3,(H,9,11)(H,13,14). The third kappa shape index (κ3) is 2.01. The maximum Gasteiger partial charge on any atom is 0.311 e. The third-order valence-corrected chi connectivity index (χ3v) is 2.25. The number of carboxylic acids is 1. The zero-order chi connectivity index (χ0) is 10.7. The van der Waals surface area contributed by atoms with Gasteiger partial charge in [0.1, 0.15) is 0 Å². The van der Waals surface area contributed by atoms with Crippen molar-refractivity contribution >= 4 is 17.8 Å². The summed E-state index contributed by atoms with van der Waals surface area (Å²) in [5, 5.41) is 10.9. The number of carboxylic acid groups (broad SMARTS) is 1. The molecule has 1 unspecified atom stereocenters. The molecule has 78 valence electrons. The number of nitrogens with one attached hydrogen (secondary N) is 1. The van der Waals surface area contributed by atoms with E-state index >= 15 is 0 Å². The van der Waals surface area contributed by atoms with Crippen LogP contribution in [-0.4, -0.2) is 47.9 Å². The van der Waals surface area contributed by atoms with E-state index in [1.165, 1.54) is 11.9 Å². The van der Waals surface area contributed by atoms with Gasteiger partial charge in [-0.25, -0.2) is 0 Å². The topological polar surface area (TPSA) is 86.7 Å². The zero-order valence-electron chi connectivity index (χ0n) is 7.82. The van der Waals surface area contributed by atoms with Gasteiger partial charge in [0.15, 0.2) is 0 Å². The van der Waals surface area contributed by atoms with E-state index in [0.717, 1.165) is 0 Å². The fourth-order valence-electron chi connectivity index (χ4n) is 1.40. The Balaban J connectivity index is 2.54. The fourth-order valence-corrected chi connectivity index (χ4v) is 1.40. The minimum atomic E-state index is -0.919. The second-order valence-electron chi connectivity index (χ2n) is 3.15. The number of hydrogen-bond acceptors (Lipinski definition) is 3. The van der Waals surface area contributed by atoms with E-state index in [2.05, 4.69) is 5.32 Å². The minimum absolute atomic E-state index is 0.127. The van der Waals surface area contributed by atoms with Crippen LogP contribution in [0.2, 0.25) is 0 Å². The summed E-state index contributed by atoms with van der Waals surface area (Å²) >= 11 is 0. The van der Waals surface area contributed by atoms with Gasteiger partial charge in [-0.15, -0.1) is 0 Å². The van der Waals surface area contributed by atoms with Gasteiger partial charge >= 0.3 is 17.8 Å². The Hall–Kier alpha value is -1.59. The quantitative estimate of drug-likeness (QED) is 0.513. The van der Waals surface area contributed by atoms with Crippen LogP contribution < -0.4 is 5.32 Å². The molecule has 0 spiro atoms. The molecular weight excluding hydrogens is 188 g/mol. The maximum atomic E-state index is 11.3. The van der Waals surface area contributed by atoms with E-state index < -0.39 is 23.7 Å². The molecule has 0 radical (unpaired) electrons. The van der Waals surface area contributed by atoms with Gasteiger partial charge in [0.25, 0.3) is 0 Å². The van der Waals surface area contributed by atoms with Crippen molar-refractivity contribution in [1.29, 1.82) is 0 Å². The number of rotatable bonds is 1. The Morgan fingerprint density at radius 2 is 2.07 bits per heavy atom. The van der Waals surface area contributed by atoms with Crippen molar-refractivity contribution < 1.29 is 19.5 Å². The predicted molar refractivity (Wildman–Crippen MR) is 46.4 cm³/mol. The van der Waals surface area contributed by atoms with Gasteiger partial charge < -0.3 is 15.3 Å². The molecule has 2 amide bonds. The average Bonchev–Trinajstić information content (AvgIpc) is 2.64. The van der Waals surface area contributed by atoms with Gasteiger partial charge in [-0.1, -0.05) is 0 Å². The van der Waals surface area contributed by atoms with Gasteiger partial charge in [-0.05, 0) is 6.42 Å². The van der Waals surface area contributed by atoms with Gasteiger partial charge in [-0.2, -0.15) is 0 Å². The summed E-state index contributed by atoms with van der Waals surface area (Å²) in [5.41, 5.74) is 0. The lowest BCUT2D eigenvalue weighted by Crippen LogP contribution is -2.40. The second-order valence-corrected chi connectivity index (χ2v) is 3.15. The summed E-state index contributed by atoms with van der Waals surface area (Å²) < 4.78 is 0. The number of carbonyl (C=O) groups excluding carboxylic acids is 2. The van der Waals surface area contributed by atoms with E-state index in [-0.39, 0.29) is 6.54 Å². The van der Waals surface area contributed by atoms with E-state index in [1.54, 1.807) is 0 Å². The lowest BCUT2D eigenvalue weighted by Gasteiger charge is -2.13. The Kier molecular flexibility index (Phi) is 3.06. The molecule has 1 atom stereocenters. The van der Waals surface area contributed by atoms with Crippen molar-refractivity contribution in [3.8, 4) is 0 Å². The van der Waals surface area contributed by atoms with E-state index in [0.29, 0.717) is 13.0 Å². The summed E-state index contributed by atoms with van der Waals surface area (Å²) in [5.74, 6) is -2.81. The number of amides is 2. The van der Waals surface area contributed by atoms with Crippen LogP contribution in [-0.2, 0) is 14.4 Å². The van der Waals surface area contributed by atoms with Crippen molar-refractivity contribution in [2.45, 2.75) is 6.42 Å². The highest BCUT2D eigenvalue weighted by atomic mass is 16.4. The summed E-state index contributed by atoms with van der Waals surface area (Å²) in [6.45, 7) is 0.463. The number of likely N-dealkylation sites (N-methyl/N-ethyl adjacent to an activating group) is 1. The normalized spacial score (nSPS) is 20.6. The molecule has 6 nitrogen and oxygen atoms in total. The number of carbonyl (C=O) groups is 3. The molecular formula is C8H12N2O4. The van der Waals surface area contributed by atoms with Crippen molar-refractivity contribution in [3.05, 3.63) is 0 Å². The molecule has 0 aromatic rings. The Morgan fingerprint density at radius 3 is 2.50 bits per heavy atom. The molecule has 1 heterocycles. The van der Waals surface area contributed by atoms with Crippen LogP contribution >= 0.6 is 0 Å². The number of aliphatic carboxylic acids is 1. The molecule has 2 N–H and O–H groups in total. The van der Waals surface area contributed by atoms with E-state index in [1.807, 2.05) is 0 Å². The monoisotopic (exact) mass is 200 g/mol. The number of hydrogen-bond donors (Lipinski definition) is 2. The van der Waals surface area contributed by atoms with Crippen LogP contribution in [0.4, 0.5) is 0 Å². The molecule has 1 saturated heterocycles. The van der Waals surface area contributed by atoms with Crippen LogP contribution in [0.1, 0.15) is 6.42 Å². The second kappa shape index (κ2) is 4.08. The Labute approximate surface area is 80.9 Å². The third-order valence-electron chi connectivity index (χ3n) is 2.25. The summed E-state index contributed by atoms with van der Waals surface area (Å²) in [6.07, 6.45) is 0.415. The smallest absolute Gasteiger partial charge is 0.311 e. The largest absolute Gasteiger partial charge is 0.481 e. The highest BCUT2D eigenvalue weighted by Gasteiger charge is 2.32. The molecule has 1 fully saturated rings. The van der Waals surface area contributed by atoms with Crippen molar-refractivity contribution in [3.63, 3.8) is 0 Å². The summed E-state index contributed by atoms with van der Waals surface area (Å²) in [6, 6.07) is 0. The molecule has 0 saturated carbocycles. The van der Waals surface area contributed by atoms with Gasteiger partial charge in [0.2, 0.25) is 0 Å². The fraction of sp³-hybridized carbons (Fsp3) is 0.625. The predicted octanol–water partition coefficient (Wildman–Crippen LogP) is -1.33. The summed E-state index contributed by atoms with van der Waals surface area (Å²) in [7, 11) is 1.37. The lowest BCUT2D eigenvalue weighted by atomic mass is 10.1. The van der Waals surface area contributed by atoms with Gasteiger partial charge in [0.05, 0.1) is 5.92 Å². The van der Waals surface area contributed by atoms with Crippen molar-refractivity contribution in [2.75, 3.05) is 20.1 Å². The molecule has 0 aromatic heterocycles. The van der Waals surface area contributed by atoms with Crippen LogP contribution in [0, 0.1) is 5.92 Å². The first-order valence-corrected chi connectivity index (χ1v) is 4.30. The first-order valence-electron chi connectivity index (χ1n) is 4.30. The highest BCUT2D eigenvalue weighted by Crippen LogP contribution is 2.16. The van der Waals surface area contributed by atoms with Gasteiger partial charge in [-0.3, -0.25) is 14.4 Å². The Bertz CT molecular complexity index is 277. The van der Waals surface area contributed by atoms with Crippen LogP contribution in [0.5, 0.6) is 0 Å². The Morgan fingerprint density at radius 1 is 1.43 bits per heavy atom. The molecule has 1 aliphatic heterocycles. The molecule has 1 aliphatic rings. The number of nitrogens with zero attached hydrogens (tertiary/aromatic N) is 1. The molecule has 0 bridgehead atoms. The van der Waals surface area contributed by atoms with Crippen molar-refractivity contribution in [2.24, 2.45) is 5.92 Å². The van der Waals surface area contributed by atoms with E-state index in [9.17, 15) is 14.4 Å². The van der Waals surface area contributed by atoms with Crippen LogP contribution in [0.15, 0.2) is 0 Å². The van der Waals surface area contributed by atoms with Crippen LogP contribution in [0.3, 0.4) is 0 Å². The number of likely N-dealkylation sites (tertiary alicyclic amines) is 1. The SMILES string of the molecule is CNC(=O)C(=O)N1CCC(C(=O)O)C1. The molecule has 14 heavy (non-hydrogen) atoms. The van der Waals surface area contributed by atoms with Crippen molar-refractivity contribution in [1.82, 2.24) is 10.2 Å². The maximum absolute atomic E-state index is 11.3. The lowest BCUT2D eigenvalue weighted by molar-refractivity contribution is -0.146.